The highest BCUT2D eigenvalue weighted by Gasteiger charge is 2.72. The molecule has 318 valence electrons. The molecule has 0 aromatic heterocycles. The van der Waals surface area contributed by atoms with Crippen molar-refractivity contribution in [2.45, 2.75) is 93.2 Å². The minimum absolute atomic E-state index is 0.109. The highest BCUT2D eigenvalue weighted by Crippen LogP contribution is 2.63. The van der Waals surface area contributed by atoms with Crippen molar-refractivity contribution in [2.75, 3.05) is 22.5 Å². The monoisotopic (exact) mass is 877 g/mol. The Bertz CT molecular complexity index is 2600. The second-order valence-corrected chi connectivity index (χ2v) is 17.6. The molecule has 3 fully saturated rings. The van der Waals surface area contributed by atoms with Gasteiger partial charge in [-0.2, -0.15) is 0 Å². The number of anilines is 3. The molecule has 0 radical (unpaired) electrons. The van der Waals surface area contributed by atoms with Crippen molar-refractivity contribution in [1.82, 2.24) is 10.2 Å². The number of benzene rings is 4. The molecule has 0 bridgehead atoms. The Morgan fingerprint density at radius 1 is 0.887 bits per heavy atom. The number of hydrogen-bond donors (Lipinski definition) is 4. The third-order valence-electron chi connectivity index (χ3n) is 13.4. The van der Waals surface area contributed by atoms with E-state index in [4.69, 9.17) is 23.2 Å². The molecule has 5 aliphatic rings. The Labute approximate surface area is 366 Å². The molecule has 3 heterocycles. The van der Waals surface area contributed by atoms with Crippen LogP contribution in [0.2, 0.25) is 10.0 Å². The lowest BCUT2D eigenvalue weighted by molar-refractivity contribution is -0.132. The van der Waals surface area contributed by atoms with E-state index in [-0.39, 0.29) is 64.9 Å². The summed E-state index contributed by atoms with van der Waals surface area (Å²) < 4.78 is 16.2. The highest BCUT2D eigenvalue weighted by molar-refractivity contribution is 6.31. The van der Waals surface area contributed by atoms with Crippen LogP contribution in [0.15, 0.2) is 78.9 Å². The number of nitrogens with zero attached hydrogens (tertiary/aromatic N) is 1. The van der Waals surface area contributed by atoms with Crippen LogP contribution in [0.1, 0.15) is 112 Å². The molecule has 4 aromatic carbocycles. The molecule has 12 nitrogen and oxygen atoms in total. The van der Waals surface area contributed by atoms with Crippen LogP contribution in [0.4, 0.5) is 21.5 Å². The van der Waals surface area contributed by atoms with Gasteiger partial charge in [0.05, 0.1) is 34.7 Å². The zero-order valence-corrected chi connectivity index (χ0v) is 35.0. The summed E-state index contributed by atoms with van der Waals surface area (Å²) in [7, 11) is 0. The van der Waals surface area contributed by atoms with Crippen molar-refractivity contribution < 1.29 is 38.0 Å². The summed E-state index contributed by atoms with van der Waals surface area (Å²) in [6, 6.07) is 19.1. The average Bonchev–Trinajstić information content (AvgIpc) is 3.81. The van der Waals surface area contributed by atoms with Gasteiger partial charge < -0.3 is 16.0 Å². The van der Waals surface area contributed by atoms with Crippen LogP contribution in [0.25, 0.3) is 0 Å². The molecule has 62 heavy (non-hydrogen) atoms. The standard InChI is InChI=1S/C47H42Cl2FN5O7/c48-26-14-18-31-34(23-26)53-45(62)47(31)39(30-8-4-9-32(49)40(30)50)41(54-46(47)20-2-1-3-21-46)42(59)52-27-15-12-25(13-16-27)36(57)11-6-22-51-33-10-5-7-29-38(33)44(61)55(43(29)60)35-19-17-28(56)24-37(35)58/h4-5,7-10,12-16,18,23,35,39,41,51,54H,1-3,6,11,17,19-22,24H2,(H,52,59)(H,53,62)/t35?,39-,41+,47+/m0/s1. The third-order valence-corrected chi connectivity index (χ3v) is 13.9. The van der Waals surface area contributed by atoms with Crippen LogP contribution in [0.3, 0.4) is 0 Å². The van der Waals surface area contributed by atoms with E-state index in [1.807, 2.05) is 0 Å². The third kappa shape index (κ3) is 6.72. The predicted octanol–water partition coefficient (Wildman–Crippen LogP) is 7.78. The van der Waals surface area contributed by atoms with E-state index in [2.05, 4.69) is 21.3 Å². The number of imide groups is 1. The van der Waals surface area contributed by atoms with E-state index in [1.54, 1.807) is 66.7 Å². The molecule has 4 N–H and O–H groups in total. The molecular formula is C47H42Cl2FN5O7. The summed E-state index contributed by atoms with van der Waals surface area (Å²) in [5.74, 6) is -4.48. The second kappa shape index (κ2) is 16.2. The van der Waals surface area contributed by atoms with Gasteiger partial charge in [0.25, 0.3) is 11.8 Å². The smallest absolute Gasteiger partial charge is 0.264 e. The van der Waals surface area contributed by atoms with E-state index in [0.29, 0.717) is 59.0 Å². The number of carbonyl (C=O) groups excluding carboxylic acids is 7. The molecule has 4 amide bonds. The summed E-state index contributed by atoms with van der Waals surface area (Å²) in [6.45, 7) is 0.302. The van der Waals surface area contributed by atoms with Gasteiger partial charge in [-0.05, 0) is 91.4 Å². The fraction of sp³-hybridized carbons (Fsp3) is 0.340. The number of hydrogen-bond acceptors (Lipinski definition) is 9. The Morgan fingerprint density at radius 2 is 1.65 bits per heavy atom. The van der Waals surface area contributed by atoms with Gasteiger partial charge in [0.1, 0.15) is 17.0 Å². The number of ketones is 3. The maximum Gasteiger partial charge on any atom is 0.264 e. The summed E-state index contributed by atoms with van der Waals surface area (Å²) in [5.41, 5.74) is 0.601. The van der Waals surface area contributed by atoms with E-state index in [9.17, 15) is 33.6 Å². The summed E-state index contributed by atoms with van der Waals surface area (Å²) in [4.78, 5) is 94.5. The molecule has 1 saturated heterocycles. The lowest BCUT2D eigenvalue weighted by Gasteiger charge is -2.47. The molecule has 3 aliphatic heterocycles. The van der Waals surface area contributed by atoms with Gasteiger partial charge in [0, 0.05) is 58.5 Å². The number of rotatable bonds is 10. The van der Waals surface area contributed by atoms with Gasteiger partial charge >= 0.3 is 0 Å². The second-order valence-electron chi connectivity index (χ2n) is 16.8. The van der Waals surface area contributed by atoms with Crippen molar-refractivity contribution in [3.8, 4) is 0 Å². The van der Waals surface area contributed by atoms with E-state index in [1.165, 1.54) is 12.1 Å². The lowest BCUT2D eigenvalue weighted by Crippen LogP contribution is -2.60. The number of Topliss-reactive ketones (excluding diaryl/α,β-unsaturated/α-hetero) is 3. The SMILES string of the molecule is O=C1CCC(N2C(=O)c3cccc(NCCCC(=O)c4ccc(NC(=O)[C@@H]5NC6(CCCCC6)[C@@]6(C(=O)Nc7cc(Cl)ccc76)[C@H]5c5cccc(Cl)c5F)cc4)c3C2=O)C(=O)C1. The van der Waals surface area contributed by atoms with Crippen LogP contribution < -0.4 is 21.3 Å². The molecular weight excluding hydrogens is 836 g/mol. The zero-order chi connectivity index (χ0) is 43.5. The van der Waals surface area contributed by atoms with Crippen molar-refractivity contribution >= 4 is 81.2 Å². The Kier molecular flexibility index (Phi) is 10.8. The van der Waals surface area contributed by atoms with Crippen LogP contribution in [0, 0.1) is 5.82 Å². The van der Waals surface area contributed by atoms with Crippen molar-refractivity contribution in [3.63, 3.8) is 0 Å². The normalized spacial score (nSPS) is 23.8. The first-order chi connectivity index (χ1) is 29.8. The van der Waals surface area contributed by atoms with Crippen LogP contribution in [-0.4, -0.2) is 70.0 Å². The van der Waals surface area contributed by atoms with Crippen molar-refractivity contribution in [1.29, 1.82) is 0 Å². The molecule has 15 heteroatoms. The summed E-state index contributed by atoms with van der Waals surface area (Å²) in [6.07, 6.45) is 4.19. The molecule has 2 spiro atoms. The first-order valence-electron chi connectivity index (χ1n) is 20.9. The molecule has 2 aliphatic carbocycles. The Hall–Kier alpha value is -5.76. The van der Waals surface area contributed by atoms with E-state index >= 15 is 4.39 Å². The van der Waals surface area contributed by atoms with E-state index in [0.717, 1.165) is 24.2 Å². The van der Waals surface area contributed by atoms with Gasteiger partial charge in [-0.3, -0.25) is 43.8 Å². The number of carbonyl (C=O) groups is 7. The van der Waals surface area contributed by atoms with Crippen molar-refractivity contribution in [3.05, 3.63) is 123 Å². The zero-order valence-electron chi connectivity index (χ0n) is 33.5. The minimum atomic E-state index is -1.38. The quantitative estimate of drug-likeness (QED) is 0.0538. The predicted molar refractivity (Wildman–Crippen MR) is 230 cm³/mol. The largest absolute Gasteiger partial charge is 0.384 e. The highest BCUT2D eigenvalue weighted by atomic mass is 35.5. The first kappa shape index (κ1) is 41.6. The van der Waals surface area contributed by atoms with Gasteiger partial charge in [-0.25, -0.2) is 4.39 Å². The number of nitrogens with one attached hydrogen (secondary N) is 4. The van der Waals surface area contributed by atoms with Gasteiger partial charge in [-0.1, -0.05) is 66.7 Å². The lowest BCUT2D eigenvalue weighted by atomic mass is 9.55. The van der Waals surface area contributed by atoms with Crippen LogP contribution in [-0.2, 0) is 24.6 Å². The topological polar surface area (TPSA) is 171 Å². The Morgan fingerprint density at radius 3 is 2.40 bits per heavy atom. The summed E-state index contributed by atoms with van der Waals surface area (Å²) >= 11 is 12.8. The molecule has 2 saturated carbocycles. The average molecular weight is 879 g/mol. The fourth-order valence-corrected chi connectivity index (χ4v) is 11.0. The first-order valence-corrected chi connectivity index (χ1v) is 21.7. The van der Waals surface area contributed by atoms with Crippen LogP contribution in [0.5, 0.6) is 0 Å². The minimum Gasteiger partial charge on any atom is -0.384 e. The summed E-state index contributed by atoms with van der Waals surface area (Å²) in [5, 5.41) is 13.1. The molecule has 9 rings (SSSR count). The number of amides is 4. The van der Waals surface area contributed by atoms with Gasteiger partial charge in [0.2, 0.25) is 11.8 Å². The number of halogens is 3. The van der Waals surface area contributed by atoms with Gasteiger partial charge in [0.15, 0.2) is 11.6 Å². The Balaban J connectivity index is 0.894. The van der Waals surface area contributed by atoms with Crippen molar-refractivity contribution in [2.24, 2.45) is 0 Å². The van der Waals surface area contributed by atoms with Gasteiger partial charge in [-0.15, -0.1) is 0 Å². The maximum absolute atomic E-state index is 16.2. The van der Waals surface area contributed by atoms with Crippen LogP contribution >= 0.6 is 23.2 Å². The molecule has 1 unspecified atom stereocenters. The van der Waals surface area contributed by atoms with E-state index < -0.39 is 58.3 Å². The molecule has 4 atom stereocenters. The number of fused-ring (bicyclic) bond motifs is 4. The molecule has 4 aromatic rings. The fourth-order valence-electron chi connectivity index (χ4n) is 10.7. The maximum atomic E-state index is 16.2.